The van der Waals surface area contributed by atoms with Crippen molar-refractivity contribution in [1.29, 1.82) is 0 Å². The molecule has 0 aliphatic rings. The smallest absolute Gasteiger partial charge is 0.152 e. The first kappa shape index (κ1) is 13.2. The molecule has 0 aliphatic heterocycles. The zero-order valence-corrected chi connectivity index (χ0v) is 12.0. The molecule has 0 atom stereocenters. The normalized spacial score (nSPS) is 10.9. The molecule has 0 bridgehead atoms. The summed E-state index contributed by atoms with van der Waals surface area (Å²) in [6, 6.07) is 13.3. The molecule has 0 spiro atoms. The topological polar surface area (TPSA) is 22.0 Å². The largest absolute Gasteiger partial charge is 0.342 e. The Bertz CT molecular complexity index is 792. The van der Waals surface area contributed by atoms with Crippen LogP contribution in [0.1, 0.15) is 15.9 Å². The Morgan fingerprint density at radius 2 is 1.90 bits per heavy atom. The maximum absolute atomic E-state index is 11.2. The third-order valence-electron chi connectivity index (χ3n) is 3.28. The minimum Gasteiger partial charge on any atom is -0.342 e. The number of hydrogen-bond donors (Lipinski definition) is 0. The Morgan fingerprint density at radius 1 is 1.05 bits per heavy atom. The molecule has 20 heavy (non-hydrogen) atoms. The minimum absolute atomic E-state index is 0.538. The molecule has 0 saturated heterocycles. The van der Waals surface area contributed by atoms with E-state index < -0.39 is 0 Å². The van der Waals surface area contributed by atoms with E-state index >= 15 is 0 Å². The molecule has 0 saturated carbocycles. The Labute approximate surface area is 126 Å². The van der Waals surface area contributed by atoms with Crippen LogP contribution in [-0.2, 0) is 6.54 Å². The van der Waals surface area contributed by atoms with Gasteiger partial charge in [0.05, 0.1) is 15.6 Å². The van der Waals surface area contributed by atoms with Crippen LogP contribution in [0.4, 0.5) is 0 Å². The summed E-state index contributed by atoms with van der Waals surface area (Å²) < 4.78 is 2.04. The van der Waals surface area contributed by atoms with Gasteiger partial charge in [-0.1, -0.05) is 41.4 Å². The Kier molecular flexibility index (Phi) is 3.51. The minimum atomic E-state index is 0.538. The molecular formula is C16H11Cl2NO. The van der Waals surface area contributed by atoms with Crippen molar-refractivity contribution < 1.29 is 4.79 Å². The summed E-state index contributed by atoms with van der Waals surface area (Å²) in [6.45, 7) is 0.644. The van der Waals surface area contributed by atoms with Gasteiger partial charge in [0.2, 0.25) is 0 Å². The van der Waals surface area contributed by atoms with Crippen LogP contribution in [0.15, 0.2) is 48.7 Å². The number of rotatable bonds is 3. The average Bonchev–Trinajstić information content (AvgIpc) is 2.86. The molecule has 3 rings (SSSR count). The van der Waals surface area contributed by atoms with Crippen LogP contribution >= 0.6 is 23.2 Å². The number of nitrogens with zero attached hydrogens (tertiary/aromatic N) is 1. The van der Waals surface area contributed by atoms with Crippen LogP contribution in [0.3, 0.4) is 0 Å². The Hall–Kier alpha value is -1.77. The van der Waals surface area contributed by atoms with Gasteiger partial charge in [0, 0.05) is 23.7 Å². The first-order valence-corrected chi connectivity index (χ1v) is 6.91. The van der Waals surface area contributed by atoms with Gasteiger partial charge in [-0.15, -0.1) is 0 Å². The first-order chi connectivity index (χ1) is 9.69. The van der Waals surface area contributed by atoms with Gasteiger partial charge >= 0.3 is 0 Å². The van der Waals surface area contributed by atoms with E-state index in [0.717, 1.165) is 22.8 Å². The van der Waals surface area contributed by atoms with Crippen molar-refractivity contribution >= 4 is 40.4 Å². The van der Waals surface area contributed by atoms with Crippen LogP contribution in [0.25, 0.3) is 10.9 Å². The fourth-order valence-corrected chi connectivity index (χ4v) is 2.67. The number of carbonyl (C=O) groups is 1. The highest BCUT2D eigenvalue weighted by Crippen LogP contribution is 2.25. The van der Waals surface area contributed by atoms with Crippen molar-refractivity contribution in [3.8, 4) is 0 Å². The van der Waals surface area contributed by atoms with E-state index in [1.807, 2.05) is 47.2 Å². The van der Waals surface area contributed by atoms with Crippen LogP contribution in [0, 0.1) is 0 Å². The van der Waals surface area contributed by atoms with E-state index in [-0.39, 0.29) is 0 Å². The number of carbonyl (C=O) groups excluding carboxylic acids is 1. The molecule has 0 amide bonds. The lowest BCUT2D eigenvalue weighted by Gasteiger charge is -2.08. The van der Waals surface area contributed by atoms with Gasteiger partial charge in [-0.25, -0.2) is 0 Å². The highest BCUT2D eigenvalue weighted by Gasteiger charge is 2.07. The van der Waals surface area contributed by atoms with Gasteiger partial charge in [-0.05, 0) is 29.8 Å². The second-order valence-electron chi connectivity index (χ2n) is 4.60. The lowest BCUT2D eigenvalue weighted by Crippen LogP contribution is -2.00. The van der Waals surface area contributed by atoms with E-state index in [4.69, 9.17) is 23.2 Å². The van der Waals surface area contributed by atoms with Gasteiger partial charge < -0.3 is 4.57 Å². The van der Waals surface area contributed by atoms with E-state index in [1.54, 1.807) is 6.07 Å². The summed E-state index contributed by atoms with van der Waals surface area (Å²) in [7, 11) is 0. The predicted octanol–water partition coefficient (Wildman–Crippen LogP) is 4.81. The standard InChI is InChI=1S/C16H11Cl2NO/c17-14-5-4-11(8-15(14)18)9-19-7-6-12-2-1-3-13(10-20)16(12)19/h1-8,10H,9H2. The lowest BCUT2D eigenvalue weighted by atomic mass is 10.1. The SMILES string of the molecule is O=Cc1cccc2ccn(Cc3ccc(Cl)c(Cl)c3)c12. The van der Waals surface area contributed by atoms with Crippen molar-refractivity contribution in [2.75, 3.05) is 0 Å². The molecule has 2 aromatic carbocycles. The molecule has 2 nitrogen and oxygen atoms in total. The van der Waals surface area contributed by atoms with Crippen LogP contribution < -0.4 is 0 Å². The Balaban J connectivity index is 2.06. The molecule has 1 aromatic heterocycles. The number of halogens is 2. The number of aldehydes is 1. The van der Waals surface area contributed by atoms with E-state index in [1.165, 1.54) is 0 Å². The second-order valence-corrected chi connectivity index (χ2v) is 5.41. The van der Waals surface area contributed by atoms with Crippen molar-refractivity contribution in [1.82, 2.24) is 4.57 Å². The summed E-state index contributed by atoms with van der Waals surface area (Å²) in [5, 5.41) is 2.13. The summed E-state index contributed by atoms with van der Waals surface area (Å²) in [6.07, 6.45) is 2.86. The van der Waals surface area contributed by atoms with Crippen LogP contribution in [0.2, 0.25) is 10.0 Å². The van der Waals surface area contributed by atoms with Crippen molar-refractivity contribution in [3.63, 3.8) is 0 Å². The molecule has 1 heterocycles. The second kappa shape index (κ2) is 5.31. The summed E-state index contributed by atoms with van der Waals surface area (Å²) >= 11 is 12.0. The maximum Gasteiger partial charge on any atom is 0.152 e. The zero-order valence-electron chi connectivity index (χ0n) is 10.5. The summed E-state index contributed by atoms with van der Waals surface area (Å²) in [4.78, 5) is 11.2. The van der Waals surface area contributed by atoms with Gasteiger partial charge in [0.15, 0.2) is 6.29 Å². The number of hydrogen-bond acceptors (Lipinski definition) is 1. The maximum atomic E-state index is 11.2. The number of fused-ring (bicyclic) bond motifs is 1. The first-order valence-electron chi connectivity index (χ1n) is 6.16. The van der Waals surface area contributed by atoms with Gasteiger partial charge in [0.1, 0.15) is 0 Å². The highest BCUT2D eigenvalue weighted by atomic mass is 35.5. The molecule has 0 aliphatic carbocycles. The molecule has 0 fully saturated rings. The fourth-order valence-electron chi connectivity index (χ4n) is 2.35. The number of benzene rings is 2. The molecular weight excluding hydrogens is 293 g/mol. The van der Waals surface area contributed by atoms with Gasteiger partial charge in [-0.2, -0.15) is 0 Å². The highest BCUT2D eigenvalue weighted by molar-refractivity contribution is 6.42. The van der Waals surface area contributed by atoms with Crippen LogP contribution in [-0.4, -0.2) is 10.9 Å². The van der Waals surface area contributed by atoms with E-state index in [0.29, 0.717) is 22.2 Å². The quantitative estimate of drug-likeness (QED) is 0.636. The van der Waals surface area contributed by atoms with E-state index in [2.05, 4.69) is 0 Å². The lowest BCUT2D eigenvalue weighted by molar-refractivity contribution is 0.112. The molecule has 0 N–H and O–H groups in total. The van der Waals surface area contributed by atoms with E-state index in [9.17, 15) is 4.79 Å². The summed E-state index contributed by atoms with van der Waals surface area (Å²) in [5.41, 5.74) is 2.67. The van der Waals surface area contributed by atoms with Gasteiger partial charge in [-0.3, -0.25) is 4.79 Å². The molecule has 0 unspecified atom stereocenters. The Morgan fingerprint density at radius 3 is 2.65 bits per heavy atom. The molecule has 0 radical (unpaired) electrons. The monoisotopic (exact) mass is 303 g/mol. The van der Waals surface area contributed by atoms with Crippen molar-refractivity contribution in [3.05, 3.63) is 69.8 Å². The fraction of sp³-hybridized carbons (Fsp3) is 0.0625. The summed E-state index contributed by atoms with van der Waals surface area (Å²) in [5.74, 6) is 0. The predicted molar refractivity (Wildman–Crippen MR) is 82.9 cm³/mol. The molecule has 3 aromatic rings. The molecule has 100 valence electrons. The number of para-hydroxylation sites is 1. The third kappa shape index (κ3) is 2.33. The van der Waals surface area contributed by atoms with Crippen LogP contribution in [0.5, 0.6) is 0 Å². The average molecular weight is 304 g/mol. The zero-order chi connectivity index (χ0) is 14.1. The number of aromatic nitrogens is 1. The third-order valence-corrected chi connectivity index (χ3v) is 4.02. The van der Waals surface area contributed by atoms with Crippen molar-refractivity contribution in [2.45, 2.75) is 6.54 Å². The van der Waals surface area contributed by atoms with Gasteiger partial charge in [0.25, 0.3) is 0 Å². The van der Waals surface area contributed by atoms with Crippen molar-refractivity contribution in [2.24, 2.45) is 0 Å². The molecule has 4 heteroatoms.